The fourth-order valence-corrected chi connectivity index (χ4v) is 6.41. The number of benzene rings is 2. The van der Waals surface area contributed by atoms with Gasteiger partial charge in [0.05, 0.1) is 49.6 Å². The lowest BCUT2D eigenvalue weighted by molar-refractivity contribution is -0.124. The topological polar surface area (TPSA) is 164 Å². The molecule has 3 atom stereocenters. The molecule has 0 saturated carbocycles. The summed E-state index contributed by atoms with van der Waals surface area (Å²) in [7, 11) is 1.27. The van der Waals surface area contributed by atoms with Crippen LogP contribution in [-0.2, 0) is 19.0 Å². The zero-order valence-corrected chi connectivity index (χ0v) is 30.1. The van der Waals surface area contributed by atoms with E-state index in [-0.39, 0.29) is 18.0 Å². The Kier molecular flexibility index (Phi) is 11.4. The van der Waals surface area contributed by atoms with Crippen molar-refractivity contribution in [3.8, 4) is 33.6 Å². The number of hydrogen-bond donors (Lipinski definition) is 4. The minimum Gasteiger partial charge on any atom is -0.453 e. The van der Waals surface area contributed by atoms with Crippen molar-refractivity contribution in [3.63, 3.8) is 0 Å². The van der Waals surface area contributed by atoms with Crippen LogP contribution in [0.15, 0.2) is 73.1 Å². The van der Waals surface area contributed by atoms with Gasteiger partial charge in [-0.15, -0.1) is 0 Å². The van der Waals surface area contributed by atoms with Gasteiger partial charge in [0.2, 0.25) is 5.91 Å². The summed E-state index contributed by atoms with van der Waals surface area (Å²) in [4.78, 5) is 55.8. The first-order valence-corrected chi connectivity index (χ1v) is 17.8. The predicted octanol–water partition coefficient (Wildman–Crippen LogP) is 6.84. The van der Waals surface area contributed by atoms with E-state index in [1.54, 1.807) is 11.1 Å². The van der Waals surface area contributed by atoms with Gasteiger partial charge in [-0.05, 0) is 75.1 Å². The molecule has 3 amide bonds. The minimum absolute atomic E-state index is 0.138. The summed E-state index contributed by atoms with van der Waals surface area (Å²) in [6.07, 6.45) is 9.72. The van der Waals surface area contributed by atoms with Gasteiger partial charge in [0.1, 0.15) is 23.3 Å². The molecule has 0 bridgehead atoms. The van der Waals surface area contributed by atoms with E-state index >= 15 is 0 Å². The van der Waals surface area contributed by atoms with E-state index in [2.05, 4.69) is 67.0 Å². The quantitative estimate of drug-likeness (QED) is 0.158. The first-order chi connectivity index (χ1) is 25.1. The maximum absolute atomic E-state index is 13.2. The molecule has 1 fully saturated rings. The molecule has 4 heterocycles. The Morgan fingerprint density at radius 3 is 2.12 bits per heavy atom. The van der Waals surface area contributed by atoms with Gasteiger partial charge >= 0.3 is 12.2 Å². The molecular formula is C39H47N7O6. The van der Waals surface area contributed by atoms with Gasteiger partial charge in [-0.2, -0.15) is 0 Å². The maximum atomic E-state index is 13.2. The van der Waals surface area contributed by atoms with Gasteiger partial charge in [0, 0.05) is 13.2 Å². The summed E-state index contributed by atoms with van der Waals surface area (Å²) in [5, 5.41) is 5.67. The maximum Gasteiger partial charge on any atom is 0.410 e. The SMILES string of the molecule is COC(=O)N[C@@H]1CCC=CCOCC[C@@H](c2ncc(-c3ccc(-c4ccc(-c5cnc([C@@H]6CCCN6C(=O)OC(C)(C)C)[nH]5)cc4)cc3)[nH]2)NC1=O. The molecule has 4 aromatic rings. The Morgan fingerprint density at radius 2 is 1.48 bits per heavy atom. The molecule has 0 unspecified atom stereocenters. The number of rotatable bonds is 6. The van der Waals surface area contributed by atoms with Crippen molar-refractivity contribution < 1.29 is 28.6 Å². The number of aromatic nitrogens is 4. The van der Waals surface area contributed by atoms with E-state index < -0.39 is 23.8 Å². The normalized spacial score (nSPS) is 20.0. The minimum atomic E-state index is -0.748. The third-order valence-corrected chi connectivity index (χ3v) is 9.11. The lowest BCUT2D eigenvalue weighted by Crippen LogP contribution is -2.48. The Labute approximate surface area is 303 Å². The summed E-state index contributed by atoms with van der Waals surface area (Å²) >= 11 is 0. The number of nitrogens with one attached hydrogen (secondary N) is 4. The molecule has 2 aliphatic rings. The van der Waals surface area contributed by atoms with Gasteiger partial charge in [-0.3, -0.25) is 9.69 Å². The summed E-state index contributed by atoms with van der Waals surface area (Å²) < 4.78 is 16.1. The van der Waals surface area contributed by atoms with Crippen molar-refractivity contribution in [1.29, 1.82) is 0 Å². The van der Waals surface area contributed by atoms with Crippen molar-refractivity contribution in [1.82, 2.24) is 35.5 Å². The van der Waals surface area contributed by atoms with Crippen LogP contribution < -0.4 is 10.6 Å². The molecule has 13 nitrogen and oxygen atoms in total. The van der Waals surface area contributed by atoms with Crippen molar-refractivity contribution in [3.05, 3.63) is 84.7 Å². The van der Waals surface area contributed by atoms with Gasteiger partial charge in [-0.1, -0.05) is 60.7 Å². The molecule has 0 spiro atoms. The number of nitrogens with zero attached hydrogens (tertiary/aromatic N) is 3. The smallest absolute Gasteiger partial charge is 0.410 e. The van der Waals surface area contributed by atoms with E-state index in [4.69, 9.17) is 14.2 Å². The van der Waals surface area contributed by atoms with Gasteiger partial charge in [0.25, 0.3) is 0 Å². The molecule has 0 radical (unpaired) electrons. The fraction of sp³-hybridized carbons (Fsp3) is 0.410. The zero-order chi connectivity index (χ0) is 36.7. The lowest BCUT2D eigenvalue weighted by atomic mass is 10.0. The number of H-pyrrole nitrogens is 2. The molecule has 2 aliphatic heterocycles. The van der Waals surface area contributed by atoms with Crippen molar-refractivity contribution in [2.45, 2.75) is 76.6 Å². The van der Waals surface area contributed by atoms with Crippen molar-refractivity contribution in [2.75, 3.05) is 26.9 Å². The van der Waals surface area contributed by atoms with Crippen LogP contribution in [0.3, 0.4) is 0 Å². The Balaban J connectivity index is 1.11. The van der Waals surface area contributed by atoms with Crippen LogP contribution in [0.25, 0.3) is 33.6 Å². The molecule has 6 rings (SSSR count). The monoisotopic (exact) mass is 709 g/mol. The number of aromatic amines is 2. The number of carbonyl (C=O) groups is 3. The van der Waals surface area contributed by atoms with Gasteiger partial charge in [-0.25, -0.2) is 19.6 Å². The predicted molar refractivity (Wildman–Crippen MR) is 196 cm³/mol. The lowest BCUT2D eigenvalue weighted by Gasteiger charge is -2.27. The molecule has 2 aromatic carbocycles. The second-order valence-corrected chi connectivity index (χ2v) is 14.0. The van der Waals surface area contributed by atoms with Crippen LogP contribution in [0.2, 0.25) is 0 Å². The van der Waals surface area contributed by atoms with Crippen LogP contribution in [0, 0.1) is 0 Å². The molecule has 52 heavy (non-hydrogen) atoms. The number of likely N-dealkylation sites (tertiary alicyclic amines) is 1. The highest BCUT2D eigenvalue weighted by Crippen LogP contribution is 2.33. The average molecular weight is 710 g/mol. The van der Waals surface area contributed by atoms with Crippen LogP contribution in [0.1, 0.15) is 76.6 Å². The first-order valence-electron chi connectivity index (χ1n) is 17.8. The van der Waals surface area contributed by atoms with E-state index in [1.165, 1.54) is 7.11 Å². The summed E-state index contributed by atoms with van der Waals surface area (Å²) in [6.45, 7) is 7.16. The van der Waals surface area contributed by atoms with Crippen LogP contribution in [-0.4, -0.2) is 81.4 Å². The number of alkyl carbamates (subject to hydrolysis) is 1. The molecule has 0 aliphatic carbocycles. The number of carbonyl (C=O) groups excluding carboxylic acids is 3. The molecule has 2 aromatic heterocycles. The largest absolute Gasteiger partial charge is 0.453 e. The highest BCUT2D eigenvalue weighted by molar-refractivity contribution is 5.86. The number of ether oxygens (including phenoxy) is 3. The molecule has 13 heteroatoms. The average Bonchev–Trinajstić information content (AvgIpc) is 3.92. The third kappa shape index (κ3) is 9.07. The summed E-state index contributed by atoms with van der Waals surface area (Å²) in [5.41, 5.74) is 5.21. The van der Waals surface area contributed by atoms with E-state index in [0.29, 0.717) is 44.8 Å². The highest BCUT2D eigenvalue weighted by Gasteiger charge is 2.35. The van der Waals surface area contributed by atoms with Gasteiger partial charge < -0.3 is 34.8 Å². The van der Waals surface area contributed by atoms with Crippen LogP contribution >= 0.6 is 0 Å². The van der Waals surface area contributed by atoms with Crippen LogP contribution in [0.5, 0.6) is 0 Å². The Bertz CT molecular complexity index is 1860. The summed E-state index contributed by atoms with van der Waals surface area (Å²) in [5.74, 6) is 1.05. The number of imidazole rings is 2. The summed E-state index contributed by atoms with van der Waals surface area (Å²) in [6, 6.07) is 15.1. The fourth-order valence-electron chi connectivity index (χ4n) is 6.41. The first kappa shape index (κ1) is 36.4. The molecule has 1 saturated heterocycles. The molecular weight excluding hydrogens is 662 g/mol. The van der Waals surface area contributed by atoms with Crippen LogP contribution in [0.4, 0.5) is 9.59 Å². The van der Waals surface area contributed by atoms with E-state index in [9.17, 15) is 14.4 Å². The second kappa shape index (κ2) is 16.3. The number of allylic oxidation sites excluding steroid dienone is 1. The van der Waals surface area contributed by atoms with Gasteiger partial charge in [0.15, 0.2) is 0 Å². The number of methoxy groups -OCH3 is 1. The second-order valence-electron chi connectivity index (χ2n) is 14.0. The number of amides is 3. The van der Waals surface area contributed by atoms with Crippen molar-refractivity contribution >= 4 is 18.1 Å². The Hall–Kier alpha value is -5.43. The Morgan fingerprint density at radius 1 is 0.865 bits per heavy atom. The highest BCUT2D eigenvalue weighted by atomic mass is 16.6. The van der Waals surface area contributed by atoms with E-state index in [0.717, 1.165) is 52.3 Å². The number of hydrogen-bond acceptors (Lipinski definition) is 8. The van der Waals surface area contributed by atoms with E-state index in [1.807, 2.05) is 51.3 Å². The van der Waals surface area contributed by atoms with Crippen molar-refractivity contribution in [2.24, 2.45) is 0 Å². The molecule has 4 N–H and O–H groups in total. The molecule has 274 valence electrons. The third-order valence-electron chi connectivity index (χ3n) is 9.11. The standard InChI is InChI=1S/C39H47N7O6/c1-39(2,3)52-38(49)46-20-8-10-33(46)35-41-24-32(43-35)28-17-13-26(14-18-28)25-11-15-27(16-12-25)31-23-40-34(42-31)29-19-22-51-21-7-5-6-9-30(36(47)44-29)45-37(48)50-4/h5,7,11-18,23-24,29-30,33H,6,8-10,19-22H2,1-4H3,(H,40,42)(H,41,43)(H,44,47)(H,45,48)/t29-,30+,33-/m0/s1. The zero-order valence-electron chi connectivity index (χ0n) is 30.1.